The first-order valence-corrected chi connectivity index (χ1v) is 49.5. The van der Waals surface area contributed by atoms with Crippen LogP contribution >= 0.6 is 0 Å². The van der Waals surface area contributed by atoms with Crippen molar-refractivity contribution in [2.45, 2.75) is 237 Å². The molecule has 4 aromatic carbocycles. The van der Waals surface area contributed by atoms with Crippen LogP contribution in [0.25, 0.3) is 91.0 Å². The van der Waals surface area contributed by atoms with Crippen molar-refractivity contribution in [1.29, 1.82) is 0 Å². The Bertz CT molecular complexity index is 7480. The van der Waals surface area contributed by atoms with Gasteiger partial charge in [-0.3, -0.25) is 19.3 Å². The van der Waals surface area contributed by atoms with Crippen LogP contribution in [0.2, 0.25) is 0 Å². The highest BCUT2D eigenvalue weighted by molar-refractivity contribution is 5.70. The van der Waals surface area contributed by atoms with Crippen LogP contribution in [-0.2, 0) is 47.8 Å². The molecule has 39 heteroatoms. The lowest BCUT2D eigenvalue weighted by molar-refractivity contribution is 0.145. The molecule has 0 aliphatic heterocycles. The van der Waals surface area contributed by atoms with Gasteiger partial charge in [-0.05, 0) is 230 Å². The van der Waals surface area contributed by atoms with Gasteiger partial charge in [0.25, 0.3) is 0 Å². The molecule has 0 amide bonds. The summed E-state index contributed by atoms with van der Waals surface area (Å²) < 4.78 is 123. The molecule has 16 aromatic rings. The fourth-order valence-electron chi connectivity index (χ4n) is 25.4. The minimum Gasteiger partial charge on any atom is -0.396 e. The molecule has 12 aromatic heterocycles. The molecule has 147 heavy (non-hydrogen) atoms. The monoisotopic (exact) mass is 2000 g/mol. The average molecular weight is 2000 g/mol. The van der Waals surface area contributed by atoms with Gasteiger partial charge in [0.15, 0.2) is 23.3 Å². The van der Waals surface area contributed by atoms with Gasteiger partial charge in [0.2, 0.25) is 0 Å². The summed E-state index contributed by atoms with van der Waals surface area (Å²) in [7, 11) is 0. The normalized spacial score (nSPS) is 22.3. The number of hydrogen-bond acceptors (Lipinski definition) is 27. The number of benzene rings is 4. The third-order valence-electron chi connectivity index (χ3n) is 33.1. The highest BCUT2D eigenvalue weighted by Gasteiger charge is 2.69. The second-order valence-corrected chi connectivity index (χ2v) is 42.1. The topological polar surface area (TPSA) is 397 Å². The number of halogens is 8. The average Bonchev–Trinajstić information content (AvgIpc) is 1.53. The molecule has 24 rings (SSSR count). The molecule has 8 bridgehead atoms. The summed E-state index contributed by atoms with van der Waals surface area (Å²) in [5.74, 6) is -2.62. The highest BCUT2D eigenvalue weighted by Crippen LogP contribution is 2.74. The van der Waals surface area contributed by atoms with Crippen molar-refractivity contribution in [3.05, 3.63) is 292 Å². The summed E-state index contributed by atoms with van der Waals surface area (Å²) in [5.41, 5.74) is 9.55. The van der Waals surface area contributed by atoms with Crippen molar-refractivity contribution < 1.29 is 55.5 Å². The SMILES string of the molecule is CC[C@@H](O)Cn1ncnc1-c1cncc([C@@]23CC[C@@H](c4cc(-c5c(F)cccc5F)nnc42)C3(C)C)n1.CC[C@H](O)Cn1ncnc1-c1cncc([C@@]23CC[C@@H](c4cc(-c5c(F)cccc5F)nnc42)C3(C)C)n1.C[C@@H](CO)Cn1cc(-c2nccc([C@@]34CC[C@@H](c5cc(-c6c(F)cccc6F)nnc53)C4(C)C)n2)nn1.C[C@H](O)Cn1cc(-c2nccc([C@@]34CC[C@@H](c5cc(-c6c(F)cccc6F)nnc53)C4(C)C)n2)cn1. The summed E-state index contributed by atoms with van der Waals surface area (Å²) in [6.07, 6.45) is 24.9. The molecule has 4 fully saturated rings. The van der Waals surface area contributed by atoms with Gasteiger partial charge in [-0.25, -0.2) is 84.4 Å². The number of aliphatic hydroxyl groups excluding tert-OH is 4. The van der Waals surface area contributed by atoms with Crippen molar-refractivity contribution in [3.8, 4) is 91.0 Å². The van der Waals surface area contributed by atoms with Gasteiger partial charge < -0.3 is 20.4 Å². The van der Waals surface area contributed by atoms with E-state index in [0.29, 0.717) is 79.4 Å². The maximum atomic E-state index is 14.5. The minimum absolute atomic E-state index is 0.0493. The second kappa shape index (κ2) is 37.4. The largest absolute Gasteiger partial charge is 0.396 e. The van der Waals surface area contributed by atoms with Gasteiger partial charge >= 0.3 is 0 Å². The quantitative estimate of drug-likeness (QED) is 0.0432. The lowest BCUT2D eigenvalue weighted by Gasteiger charge is -2.37. The molecule has 8 aliphatic carbocycles. The van der Waals surface area contributed by atoms with E-state index in [2.05, 4.69) is 152 Å². The van der Waals surface area contributed by atoms with E-state index in [1.807, 2.05) is 39.1 Å². The first-order chi connectivity index (χ1) is 70.5. The third kappa shape index (κ3) is 15.8. The van der Waals surface area contributed by atoms with Crippen LogP contribution in [-0.4, -0.2) is 180 Å². The maximum absolute atomic E-state index is 14.5. The molecule has 12 heterocycles. The van der Waals surface area contributed by atoms with Crippen molar-refractivity contribution >= 4 is 0 Å². The fraction of sp³-hybridized carbons (Fsp3) is 0.398. The van der Waals surface area contributed by atoms with E-state index < -0.39 is 86.5 Å². The summed E-state index contributed by atoms with van der Waals surface area (Å²) in [4.78, 5) is 46.7. The number of fused-ring (bicyclic) bond motifs is 20. The molecule has 4 saturated carbocycles. The molecule has 0 saturated heterocycles. The van der Waals surface area contributed by atoms with Crippen LogP contribution in [0.15, 0.2) is 178 Å². The zero-order valence-electron chi connectivity index (χ0n) is 82.9. The molecule has 12 atom stereocenters. The molecule has 0 unspecified atom stereocenters. The van der Waals surface area contributed by atoms with Gasteiger partial charge in [0.05, 0.1) is 181 Å². The van der Waals surface area contributed by atoms with E-state index in [1.54, 1.807) is 99.5 Å². The van der Waals surface area contributed by atoms with E-state index in [1.165, 1.54) is 85.5 Å². The lowest BCUT2D eigenvalue weighted by atomic mass is 9.66. The number of aliphatic hydroxyl groups is 4. The minimum atomic E-state index is -0.665. The standard InChI is InChI=1S/3C27H27F2N7O.C27H26F2N6O/c1-15(14-37)12-36-13-21(33-35-36)25-30-10-8-22(31-25)27-9-7-17(26(27,2)3)16-11-20(32-34-24(16)27)23-18(28)5-4-6-19(23)29;2*1-4-15(37)13-36-25(31-14-32-36)21-11-30-12-22(33-21)27-9-8-17(26(27,2)3)16-10-20(34-35-24(16)27)23-18(28)6-5-7-19(23)29;1-15(36)13-35-14-16(12-31-35)25-30-10-8-22(32-25)27-9-7-18(26(27,2)3)17-11-21(33-34-24(17)27)23-19(28)5-4-6-20(23)29/h4-6,8,10-11,13,15,17,37H,7,9,12,14H2,1-3H3;2*5-7,10-12,14-15,17,37H,4,8-9,13H2,1-3H3;4-6,8,10-12,14-15,18,36H,7,9,13H2,1-3H3/t2*15-,17+,27+;15-,17-,27-;15-,18-,27-/m1100/s1. The van der Waals surface area contributed by atoms with E-state index >= 15 is 0 Å². The van der Waals surface area contributed by atoms with E-state index in [-0.39, 0.29) is 103 Å². The molecule has 0 radical (unpaired) electrons. The second-order valence-electron chi connectivity index (χ2n) is 42.1. The number of hydrogen-bond donors (Lipinski definition) is 4. The molecule has 754 valence electrons. The smallest absolute Gasteiger partial charge is 0.181 e. The maximum Gasteiger partial charge on any atom is 0.181 e. The Kier molecular flexibility index (Phi) is 25.1. The number of aromatic nitrogens is 27. The zero-order chi connectivity index (χ0) is 103. The van der Waals surface area contributed by atoms with Gasteiger partial charge in [-0.1, -0.05) is 106 Å². The molecular formula is C108H107F8N27O4. The van der Waals surface area contributed by atoms with Crippen molar-refractivity contribution in [2.75, 3.05) is 6.61 Å². The first kappa shape index (κ1) is 98.5. The van der Waals surface area contributed by atoms with E-state index in [9.17, 15) is 55.5 Å². The Morgan fingerprint density at radius 3 is 1.05 bits per heavy atom. The van der Waals surface area contributed by atoms with Crippen molar-refractivity contribution in [1.82, 2.24) is 135 Å². The van der Waals surface area contributed by atoms with Crippen molar-refractivity contribution in [2.24, 2.45) is 27.6 Å². The number of nitrogens with zero attached hydrogens (tertiary/aromatic N) is 27. The zero-order valence-corrected chi connectivity index (χ0v) is 82.9. The Labute approximate surface area is 840 Å². The first-order valence-electron chi connectivity index (χ1n) is 49.5. The molecular weight excluding hydrogens is 1890 g/mol. The van der Waals surface area contributed by atoms with Crippen LogP contribution in [0.1, 0.15) is 239 Å². The fourth-order valence-corrected chi connectivity index (χ4v) is 25.4. The lowest BCUT2D eigenvalue weighted by Crippen LogP contribution is -2.38. The van der Waals surface area contributed by atoms with Crippen LogP contribution < -0.4 is 0 Å². The van der Waals surface area contributed by atoms with Gasteiger partial charge in [0.1, 0.15) is 76.3 Å². The molecule has 8 aliphatic rings. The van der Waals surface area contributed by atoms with E-state index in [0.717, 1.165) is 125 Å². The Morgan fingerprint density at radius 2 is 0.707 bits per heavy atom. The van der Waals surface area contributed by atoms with Crippen LogP contribution in [0, 0.1) is 74.1 Å². The van der Waals surface area contributed by atoms with Gasteiger partial charge in [-0.15, -0.1) is 25.5 Å². The summed E-state index contributed by atoms with van der Waals surface area (Å²) >= 11 is 0. The Hall–Kier alpha value is -14.6. The number of rotatable bonds is 23. The van der Waals surface area contributed by atoms with Gasteiger partial charge in [0, 0.05) is 44.1 Å². The highest BCUT2D eigenvalue weighted by atomic mass is 19.2. The third-order valence-corrected chi connectivity index (χ3v) is 33.1. The predicted molar refractivity (Wildman–Crippen MR) is 523 cm³/mol. The van der Waals surface area contributed by atoms with E-state index in [4.69, 9.17) is 19.9 Å². The summed E-state index contributed by atoms with van der Waals surface area (Å²) in [6, 6.07) is 26.2. The summed E-state index contributed by atoms with van der Waals surface area (Å²) in [5, 5.41) is 96.1. The Morgan fingerprint density at radius 1 is 0.361 bits per heavy atom. The van der Waals surface area contributed by atoms with Crippen molar-refractivity contribution in [3.63, 3.8) is 0 Å². The molecule has 0 spiro atoms. The predicted octanol–water partition coefficient (Wildman–Crippen LogP) is 17.9. The van der Waals surface area contributed by atoms with Crippen LogP contribution in [0.4, 0.5) is 35.1 Å². The Balaban J connectivity index is 0.000000115. The molecule has 4 N–H and O–H groups in total. The summed E-state index contributed by atoms with van der Waals surface area (Å²) in [6.45, 7) is 26.6. The van der Waals surface area contributed by atoms with Crippen LogP contribution in [0.3, 0.4) is 0 Å². The van der Waals surface area contributed by atoms with Gasteiger partial charge in [-0.2, -0.15) is 35.7 Å². The van der Waals surface area contributed by atoms with Crippen LogP contribution in [0.5, 0.6) is 0 Å². The molecule has 31 nitrogen and oxygen atoms in total.